The minimum atomic E-state index is -0.571. The first-order valence-electron chi connectivity index (χ1n) is 9.34. The van der Waals surface area contributed by atoms with Crippen LogP contribution in [0.5, 0.6) is 5.75 Å². The predicted molar refractivity (Wildman–Crippen MR) is 98.7 cm³/mol. The zero-order chi connectivity index (χ0) is 18.1. The Hall–Kier alpha value is -2.36. The quantitative estimate of drug-likeness (QED) is 0.826. The number of hydrogen-bond acceptors (Lipinski definition) is 2. The summed E-state index contributed by atoms with van der Waals surface area (Å²) in [7, 11) is 1.66. The molecule has 1 amide bonds. The molecule has 0 N–H and O–H groups in total. The van der Waals surface area contributed by atoms with Gasteiger partial charge in [-0.2, -0.15) is 0 Å². The molecule has 136 valence electrons. The van der Waals surface area contributed by atoms with E-state index in [0.717, 1.165) is 55.5 Å². The maximum absolute atomic E-state index is 13.8. The molecule has 0 bridgehead atoms. The van der Waals surface area contributed by atoms with E-state index in [4.69, 9.17) is 4.74 Å². The molecule has 0 radical (unpaired) electrons. The fourth-order valence-corrected chi connectivity index (χ4v) is 4.53. The smallest absolute Gasteiger partial charge is 0.233 e. The zero-order valence-electron chi connectivity index (χ0n) is 15.1. The van der Waals surface area contributed by atoms with Crippen LogP contribution in [-0.4, -0.2) is 24.5 Å². The minimum absolute atomic E-state index is 0.147. The van der Waals surface area contributed by atoms with Crippen LogP contribution < -0.4 is 4.74 Å². The average Bonchev–Trinajstić information content (AvgIpc) is 3.17. The number of benzene rings is 2. The number of ether oxygens (including phenoxy) is 1. The van der Waals surface area contributed by atoms with Crippen molar-refractivity contribution in [1.29, 1.82) is 0 Å². The summed E-state index contributed by atoms with van der Waals surface area (Å²) in [5.74, 6) is 0.697. The Balaban J connectivity index is 1.65. The third kappa shape index (κ3) is 2.87. The van der Waals surface area contributed by atoms with E-state index >= 15 is 0 Å². The van der Waals surface area contributed by atoms with Crippen molar-refractivity contribution in [1.82, 2.24) is 4.90 Å². The number of carbonyl (C=O) groups excluding carboxylic acids is 1. The van der Waals surface area contributed by atoms with Crippen LogP contribution in [0, 0.1) is 5.82 Å². The van der Waals surface area contributed by atoms with Gasteiger partial charge in [-0.25, -0.2) is 4.39 Å². The van der Waals surface area contributed by atoms with Gasteiger partial charge in [0.05, 0.1) is 12.5 Å². The Morgan fingerprint density at radius 1 is 1.12 bits per heavy atom. The highest BCUT2D eigenvalue weighted by Gasteiger charge is 2.45. The van der Waals surface area contributed by atoms with Crippen molar-refractivity contribution in [3.63, 3.8) is 0 Å². The molecule has 1 aliphatic heterocycles. The van der Waals surface area contributed by atoms with E-state index in [9.17, 15) is 9.18 Å². The largest absolute Gasteiger partial charge is 0.497 e. The maximum atomic E-state index is 13.8. The molecule has 0 unspecified atom stereocenters. The third-order valence-electron chi connectivity index (χ3n) is 5.96. The van der Waals surface area contributed by atoms with Crippen molar-refractivity contribution in [2.45, 2.75) is 44.1 Å². The average molecular weight is 353 g/mol. The first kappa shape index (κ1) is 17.1. The summed E-state index contributed by atoms with van der Waals surface area (Å²) in [4.78, 5) is 15.5. The molecular formula is C22H24FNO2. The van der Waals surface area contributed by atoms with Crippen LogP contribution in [0.3, 0.4) is 0 Å². The number of halogens is 1. The van der Waals surface area contributed by atoms with Gasteiger partial charge in [-0.1, -0.05) is 31.0 Å². The second kappa shape index (κ2) is 6.75. The van der Waals surface area contributed by atoms with E-state index in [1.54, 1.807) is 19.2 Å². The molecule has 2 aliphatic rings. The van der Waals surface area contributed by atoms with Crippen LogP contribution in [0.25, 0.3) is 0 Å². The lowest BCUT2D eigenvalue weighted by Crippen LogP contribution is -2.47. The summed E-state index contributed by atoms with van der Waals surface area (Å²) >= 11 is 0. The predicted octanol–water partition coefficient (Wildman–Crippen LogP) is 4.23. The van der Waals surface area contributed by atoms with Crippen LogP contribution in [0.2, 0.25) is 0 Å². The van der Waals surface area contributed by atoms with E-state index in [1.165, 1.54) is 11.6 Å². The molecule has 1 heterocycles. The number of rotatable bonds is 3. The van der Waals surface area contributed by atoms with Crippen molar-refractivity contribution in [2.24, 2.45) is 0 Å². The first-order chi connectivity index (χ1) is 12.6. The molecule has 3 nitrogen and oxygen atoms in total. The molecule has 1 fully saturated rings. The SMILES string of the molecule is COc1ccc2c(c1)CN(C(=O)C1(c3cccc(F)c3)CCCC1)CC2. The first-order valence-corrected chi connectivity index (χ1v) is 9.34. The number of fused-ring (bicyclic) bond motifs is 1. The summed E-state index contributed by atoms with van der Waals surface area (Å²) in [6.45, 7) is 1.32. The molecule has 0 atom stereocenters. The van der Waals surface area contributed by atoms with Crippen molar-refractivity contribution >= 4 is 5.91 Å². The molecule has 4 heteroatoms. The van der Waals surface area contributed by atoms with Crippen molar-refractivity contribution in [3.05, 3.63) is 65.0 Å². The molecule has 26 heavy (non-hydrogen) atoms. The van der Waals surface area contributed by atoms with Crippen molar-refractivity contribution < 1.29 is 13.9 Å². The van der Waals surface area contributed by atoms with E-state index < -0.39 is 5.41 Å². The molecule has 4 rings (SSSR count). The number of amides is 1. The van der Waals surface area contributed by atoms with E-state index in [-0.39, 0.29) is 11.7 Å². The third-order valence-corrected chi connectivity index (χ3v) is 5.96. The van der Waals surface area contributed by atoms with Gasteiger partial charge < -0.3 is 9.64 Å². The highest BCUT2D eigenvalue weighted by molar-refractivity contribution is 5.89. The molecule has 0 aromatic heterocycles. The molecule has 2 aromatic rings. The lowest BCUT2D eigenvalue weighted by molar-refractivity contribution is -0.138. The van der Waals surface area contributed by atoms with Crippen molar-refractivity contribution in [2.75, 3.05) is 13.7 Å². The van der Waals surface area contributed by atoms with Crippen molar-refractivity contribution in [3.8, 4) is 5.75 Å². The summed E-state index contributed by atoms with van der Waals surface area (Å²) < 4.78 is 19.2. The van der Waals surface area contributed by atoms with Gasteiger partial charge in [-0.05, 0) is 60.2 Å². The molecule has 1 saturated carbocycles. The number of methoxy groups -OCH3 is 1. The Bertz CT molecular complexity index is 827. The Kier molecular flexibility index (Phi) is 4.43. The monoisotopic (exact) mass is 353 g/mol. The highest BCUT2D eigenvalue weighted by Crippen LogP contribution is 2.43. The second-order valence-corrected chi connectivity index (χ2v) is 7.41. The van der Waals surface area contributed by atoms with Crippen LogP contribution in [0.4, 0.5) is 4.39 Å². The summed E-state index contributed by atoms with van der Waals surface area (Å²) in [6, 6.07) is 12.7. The fourth-order valence-electron chi connectivity index (χ4n) is 4.53. The van der Waals surface area contributed by atoms with E-state index in [0.29, 0.717) is 6.54 Å². The summed E-state index contributed by atoms with van der Waals surface area (Å²) in [6.07, 6.45) is 4.48. The van der Waals surface area contributed by atoms with Gasteiger partial charge >= 0.3 is 0 Å². The van der Waals surface area contributed by atoms with Crippen LogP contribution in [0.15, 0.2) is 42.5 Å². The number of hydrogen-bond donors (Lipinski definition) is 0. The molecule has 1 aliphatic carbocycles. The molecule has 0 spiro atoms. The van der Waals surface area contributed by atoms with Gasteiger partial charge in [0.25, 0.3) is 0 Å². The van der Waals surface area contributed by atoms with E-state index in [1.807, 2.05) is 23.1 Å². The lowest BCUT2D eigenvalue weighted by Gasteiger charge is -2.37. The molecule has 2 aromatic carbocycles. The lowest BCUT2D eigenvalue weighted by atomic mass is 9.77. The normalized spacial score (nSPS) is 18.5. The maximum Gasteiger partial charge on any atom is 0.233 e. The zero-order valence-corrected chi connectivity index (χ0v) is 15.1. The summed E-state index contributed by atoms with van der Waals surface area (Å²) in [5, 5.41) is 0. The van der Waals surface area contributed by atoms with E-state index in [2.05, 4.69) is 6.07 Å². The second-order valence-electron chi connectivity index (χ2n) is 7.41. The summed E-state index contributed by atoms with van der Waals surface area (Å²) in [5.41, 5.74) is 2.69. The molecular weight excluding hydrogens is 329 g/mol. The van der Waals surface area contributed by atoms with Crippen LogP contribution in [-0.2, 0) is 23.2 Å². The number of carbonyl (C=O) groups is 1. The van der Waals surface area contributed by atoms with Crippen LogP contribution >= 0.6 is 0 Å². The van der Waals surface area contributed by atoms with Gasteiger partial charge in [0.1, 0.15) is 11.6 Å². The Morgan fingerprint density at radius 3 is 2.65 bits per heavy atom. The minimum Gasteiger partial charge on any atom is -0.497 e. The number of nitrogens with zero attached hydrogens (tertiary/aromatic N) is 1. The van der Waals surface area contributed by atoms with Crippen LogP contribution in [0.1, 0.15) is 42.4 Å². The topological polar surface area (TPSA) is 29.5 Å². The van der Waals surface area contributed by atoms with Gasteiger partial charge in [0, 0.05) is 13.1 Å². The van der Waals surface area contributed by atoms with Gasteiger partial charge in [0.2, 0.25) is 5.91 Å². The standard InChI is InChI=1S/C22H24FNO2/c1-26-20-8-7-16-9-12-24(15-17(16)13-20)21(25)22(10-2-3-11-22)18-5-4-6-19(23)14-18/h4-8,13-14H,2-3,9-12,15H2,1H3. The van der Waals surface area contributed by atoms with Gasteiger partial charge in [-0.3, -0.25) is 4.79 Å². The Labute approximate surface area is 153 Å². The highest BCUT2D eigenvalue weighted by atomic mass is 19.1. The van der Waals surface area contributed by atoms with Gasteiger partial charge in [-0.15, -0.1) is 0 Å². The fraction of sp³-hybridized carbons (Fsp3) is 0.409. The molecule has 0 saturated heterocycles. The Morgan fingerprint density at radius 2 is 1.92 bits per heavy atom. The van der Waals surface area contributed by atoms with Gasteiger partial charge in [0.15, 0.2) is 0 Å².